The Hall–Kier alpha value is -1.87. The van der Waals surface area contributed by atoms with Gasteiger partial charge in [0.05, 0.1) is 17.7 Å². The van der Waals surface area contributed by atoms with Crippen LogP contribution in [0.25, 0.3) is 0 Å². The first-order valence-corrected chi connectivity index (χ1v) is 6.54. The van der Waals surface area contributed by atoms with Crippen molar-refractivity contribution < 1.29 is 9.53 Å². The lowest BCUT2D eigenvalue weighted by atomic mass is 9.91. The third-order valence-corrected chi connectivity index (χ3v) is 3.42. The maximum absolute atomic E-state index is 12.5. The SMILES string of the molecule is CCN(CC#N)C(=O)[C@@H]1CCCO[C@H]1c1ccn[nH]1. The maximum Gasteiger partial charge on any atom is 0.229 e. The fraction of sp³-hybridized carbons (Fsp3) is 0.615. The Labute approximate surface area is 112 Å². The van der Waals surface area contributed by atoms with E-state index in [1.54, 1.807) is 11.1 Å². The Morgan fingerprint density at radius 1 is 1.74 bits per heavy atom. The van der Waals surface area contributed by atoms with Crippen molar-refractivity contribution in [2.45, 2.75) is 25.9 Å². The molecule has 0 spiro atoms. The first-order valence-electron chi connectivity index (χ1n) is 6.54. The largest absolute Gasteiger partial charge is 0.371 e. The van der Waals surface area contributed by atoms with E-state index >= 15 is 0 Å². The minimum absolute atomic E-state index is 0.0108. The molecule has 2 heterocycles. The van der Waals surface area contributed by atoms with Crippen molar-refractivity contribution in [3.8, 4) is 6.07 Å². The molecule has 102 valence electrons. The summed E-state index contributed by atoms with van der Waals surface area (Å²) in [5, 5.41) is 15.6. The highest BCUT2D eigenvalue weighted by Gasteiger charge is 2.35. The highest BCUT2D eigenvalue weighted by Crippen LogP contribution is 2.33. The topological polar surface area (TPSA) is 82.0 Å². The van der Waals surface area contributed by atoms with Crippen LogP contribution in [0.4, 0.5) is 0 Å². The van der Waals surface area contributed by atoms with Gasteiger partial charge in [0.25, 0.3) is 0 Å². The first-order chi connectivity index (χ1) is 9.27. The van der Waals surface area contributed by atoms with Crippen molar-refractivity contribution >= 4 is 5.91 Å². The van der Waals surface area contributed by atoms with Crippen molar-refractivity contribution in [2.75, 3.05) is 19.7 Å². The van der Waals surface area contributed by atoms with Gasteiger partial charge in [0, 0.05) is 19.3 Å². The minimum Gasteiger partial charge on any atom is -0.371 e. The van der Waals surface area contributed by atoms with Crippen molar-refractivity contribution in [1.29, 1.82) is 5.26 Å². The number of aromatic amines is 1. The van der Waals surface area contributed by atoms with Gasteiger partial charge in [0.15, 0.2) is 0 Å². The van der Waals surface area contributed by atoms with Crippen LogP contribution < -0.4 is 0 Å². The van der Waals surface area contributed by atoms with E-state index in [2.05, 4.69) is 10.2 Å². The number of hydrogen-bond donors (Lipinski definition) is 1. The molecule has 0 radical (unpaired) electrons. The zero-order chi connectivity index (χ0) is 13.7. The molecular weight excluding hydrogens is 244 g/mol. The van der Waals surface area contributed by atoms with Gasteiger partial charge in [-0.1, -0.05) is 0 Å². The summed E-state index contributed by atoms with van der Waals surface area (Å²) in [6.45, 7) is 3.20. The average molecular weight is 262 g/mol. The number of rotatable bonds is 4. The smallest absolute Gasteiger partial charge is 0.229 e. The molecule has 1 aromatic heterocycles. The molecule has 0 aliphatic carbocycles. The van der Waals surface area contributed by atoms with E-state index < -0.39 is 0 Å². The van der Waals surface area contributed by atoms with Crippen molar-refractivity contribution in [3.63, 3.8) is 0 Å². The highest BCUT2D eigenvalue weighted by molar-refractivity contribution is 5.80. The number of carbonyl (C=O) groups is 1. The van der Waals surface area contributed by atoms with Crippen LogP contribution in [0.3, 0.4) is 0 Å². The number of carbonyl (C=O) groups excluding carboxylic acids is 1. The standard InChI is InChI=1S/C13H18N4O2/c1-2-17(8-6-14)13(18)10-4-3-9-19-12(10)11-5-7-15-16-11/h5,7,10,12H,2-4,8-9H2,1H3,(H,15,16)/t10-,12-/m1/s1. The zero-order valence-corrected chi connectivity index (χ0v) is 11.0. The summed E-state index contributed by atoms with van der Waals surface area (Å²) in [5.41, 5.74) is 0.825. The van der Waals surface area contributed by atoms with Crippen LogP contribution >= 0.6 is 0 Å². The number of nitrogens with zero attached hydrogens (tertiary/aromatic N) is 3. The fourth-order valence-electron chi connectivity index (χ4n) is 2.43. The molecule has 1 saturated heterocycles. The van der Waals surface area contributed by atoms with Crippen molar-refractivity contribution in [2.24, 2.45) is 5.92 Å². The second kappa shape index (κ2) is 6.34. The molecule has 19 heavy (non-hydrogen) atoms. The van der Waals surface area contributed by atoms with E-state index in [9.17, 15) is 4.79 Å². The van der Waals surface area contributed by atoms with Gasteiger partial charge in [-0.2, -0.15) is 10.4 Å². The van der Waals surface area contributed by atoms with Crippen LogP contribution in [0.1, 0.15) is 31.6 Å². The molecule has 1 fully saturated rings. The number of hydrogen-bond acceptors (Lipinski definition) is 4. The highest BCUT2D eigenvalue weighted by atomic mass is 16.5. The fourth-order valence-corrected chi connectivity index (χ4v) is 2.43. The molecule has 6 nitrogen and oxygen atoms in total. The van der Waals surface area contributed by atoms with Gasteiger partial charge in [0.1, 0.15) is 12.6 Å². The third-order valence-electron chi connectivity index (χ3n) is 3.42. The van der Waals surface area contributed by atoms with Gasteiger partial charge in [-0.05, 0) is 25.8 Å². The van der Waals surface area contributed by atoms with Crippen LogP contribution in [-0.2, 0) is 9.53 Å². The molecule has 6 heteroatoms. The molecule has 0 unspecified atom stereocenters. The van der Waals surface area contributed by atoms with Gasteiger partial charge in [-0.15, -0.1) is 0 Å². The molecule has 1 aromatic rings. The number of ether oxygens (including phenoxy) is 1. The quantitative estimate of drug-likeness (QED) is 0.828. The van der Waals surface area contributed by atoms with Crippen LogP contribution in [0.2, 0.25) is 0 Å². The second-order valence-electron chi connectivity index (χ2n) is 4.56. The van der Waals surface area contributed by atoms with E-state index in [4.69, 9.17) is 10.00 Å². The van der Waals surface area contributed by atoms with E-state index in [0.717, 1.165) is 18.5 Å². The second-order valence-corrected chi connectivity index (χ2v) is 4.56. The van der Waals surface area contributed by atoms with Crippen LogP contribution in [0.15, 0.2) is 12.3 Å². The summed E-state index contributed by atoms with van der Waals surface area (Å²) in [4.78, 5) is 14.1. The Balaban J connectivity index is 2.15. The first kappa shape index (κ1) is 13.6. The van der Waals surface area contributed by atoms with E-state index in [0.29, 0.717) is 13.2 Å². The Bertz CT molecular complexity index is 452. The zero-order valence-electron chi connectivity index (χ0n) is 11.0. The van der Waals surface area contributed by atoms with Crippen molar-refractivity contribution in [3.05, 3.63) is 18.0 Å². The van der Waals surface area contributed by atoms with Crippen molar-refractivity contribution in [1.82, 2.24) is 15.1 Å². The Kier molecular flexibility index (Phi) is 4.53. The molecule has 1 aliphatic heterocycles. The molecule has 2 rings (SSSR count). The molecule has 1 N–H and O–H groups in total. The number of aromatic nitrogens is 2. The number of amides is 1. The van der Waals surface area contributed by atoms with E-state index in [1.807, 2.05) is 19.1 Å². The molecule has 1 aliphatic rings. The normalized spacial score (nSPS) is 22.7. The van der Waals surface area contributed by atoms with Crippen LogP contribution in [-0.4, -0.2) is 40.7 Å². The molecule has 0 aromatic carbocycles. The molecule has 0 bridgehead atoms. The monoisotopic (exact) mass is 262 g/mol. The predicted molar refractivity (Wildman–Crippen MR) is 67.9 cm³/mol. The van der Waals surface area contributed by atoms with Gasteiger partial charge in [-0.25, -0.2) is 0 Å². The van der Waals surface area contributed by atoms with Gasteiger partial charge in [-0.3, -0.25) is 9.89 Å². The third kappa shape index (κ3) is 2.93. The summed E-state index contributed by atoms with van der Waals surface area (Å²) in [6, 6.07) is 3.86. The van der Waals surface area contributed by atoms with Crippen LogP contribution in [0.5, 0.6) is 0 Å². The van der Waals surface area contributed by atoms with Gasteiger partial charge in [0.2, 0.25) is 5.91 Å². The average Bonchev–Trinajstić information content (AvgIpc) is 2.98. The lowest BCUT2D eigenvalue weighted by molar-refractivity contribution is -0.145. The predicted octanol–water partition coefficient (Wildman–Crippen LogP) is 1.25. The van der Waals surface area contributed by atoms with E-state index in [1.165, 1.54) is 0 Å². The molecule has 2 atom stereocenters. The van der Waals surface area contributed by atoms with Gasteiger partial charge < -0.3 is 9.64 Å². The molecule has 1 amide bonds. The van der Waals surface area contributed by atoms with Crippen LogP contribution in [0, 0.1) is 17.2 Å². The lowest BCUT2D eigenvalue weighted by Crippen LogP contribution is -2.41. The summed E-state index contributed by atoms with van der Waals surface area (Å²) in [7, 11) is 0. The number of nitriles is 1. The number of nitrogens with one attached hydrogen (secondary N) is 1. The molecule has 0 saturated carbocycles. The number of H-pyrrole nitrogens is 1. The van der Waals surface area contributed by atoms with Gasteiger partial charge >= 0.3 is 0 Å². The minimum atomic E-state index is -0.281. The summed E-state index contributed by atoms with van der Waals surface area (Å²) in [6.07, 6.45) is 3.02. The summed E-state index contributed by atoms with van der Waals surface area (Å²) in [5.74, 6) is -0.245. The summed E-state index contributed by atoms with van der Waals surface area (Å²) < 4.78 is 5.73. The van der Waals surface area contributed by atoms with E-state index in [-0.39, 0.29) is 24.5 Å². The Morgan fingerprint density at radius 3 is 3.21 bits per heavy atom. The lowest BCUT2D eigenvalue weighted by Gasteiger charge is -2.33. The molecular formula is C13H18N4O2. The maximum atomic E-state index is 12.5. The summed E-state index contributed by atoms with van der Waals surface area (Å²) >= 11 is 0. The Morgan fingerprint density at radius 2 is 2.58 bits per heavy atom.